The van der Waals surface area contributed by atoms with E-state index in [0.29, 0.717) is 22.6 Å². The Morgan fingerprint density at radius 2 is 1.74 bits per heavy atom. The summed E-state index contributed by atoms with van der Waals surface area (Å²) in [5, 5.41) is 4.42. The maximum Gasteiger partial charge on any atom is 0.342 e. The van der Waals surface area contributed by atoms with Crippen molar-refractivity contribution < 1.29 is 9.53 Å². The number of hydrogen-bond donors (Lipinski definition) is 0. The third-order valence-corrected chi connectivity index (χ3v) is 4.47. The third-order valence-electron chi connectivity index (χ3n) is 4.47. The molecule has 0 amide bonds. The molecule has 140 valence electrons. The van der Waals surface area contributed by atoms with Crippen molar-refractivity contribution in [3.05, 3.63) is 79.9 Å². The number of ether oxygens (including phenoxy) is 1. The summed E-state index contributed by atoms with van der Waals surface area (Å²) in [4.78, 5) is 36.4. The summed E-state index contributed by atoms with van der Waals surface area (Å²) in [7, 11) is 2.92. The van der Waals surface area contributed by atoms with Crippen molar-refractivity contribution in [3.63, 3.8) is 0 Å². The molecule has 0 radical (unpaired) electrons. The second kappa shape index (κ2) is 7.06. The molecule has 27 heavy (non-hydrogen) atoms. The molecule has 2 heterocycles. The molecule has 3 aromatic rings. The fraction of sp³-hybridized carbons (Fsp3) is 0.263. The first-order valence-electron chi connectivity index (χ1n) is 8.36. The van der Waals surface area contributed by atoms with Crippen molar-refractivity contribution in [2.75, 3.05) is 0 Å². The van der Waals surface area contributed by atoms with Crippen LogP contribution in [0.3, 0.4) is 0 Å². The van der Waals surface area contributed by atoms with Gasteiger partial charge in [-0.3, -0.25) is 13.9 Å². The van der Waals surface area contributed by atoms with Crippen molar-refractivity contribution in [2.24, 2.45) is 14.1 Å². The lowest BCUT2D eigenvalue weighted by Crippen LogP contribution is -2.38. The SMILES string of the molecule is Cc1nn(-c2ccccc2)c(C)c1C(=O)OCc1cc(=O)n(C)c(=O)n1C. The molecule has 0 aliphatic heterocycles. The van der Waals surface area contributed by atoms with Gasteiger partial charge in [0, 0.05) is 20.2 Å². The average molecular weight is 368 g/mol. The first kappa shape index (κ1) is 18.4. The van der Waals surface area contributed by atoms with Crippen LogP contribution in [0.2, 0.25) is 0 Å². The van der Waals surface area contributed by atoms with Crippen molar-refractivity contribution in [1.29, 1.82) is 0 Å². The van der Waals surface area contributed by atoms with Crippen LogP contribution in [-0.4, -0.2) is 24.9 Å². The quantitative estimate of drug-likeness (QED) is 0.647. The summed E-state index contributed by atoms with van der Waals surface area (Å²) in [6.07, 6.45) is 0. The van der Waals surface area contributed by atoms with Gasteiger partial charge in [-0.05, 0) is 26.0 Å². The van der Waals surface area contributed by atoms with Crippen molar-refractivity contribution in [3.8, 4) is 5.69 Å². The van der Waals surface area contributed by atoms with Gasteiger partial charge in [-0.25, -0.2) is 14.3 Å². The third kappa shape index (κ3) is 3.33. The van der Waals surface area contributed by atoms with Crippen LogP contribution in [0, 0.1) is 13.8 Å². The fourth-order valence-corrected chi connectivity index (χ4v) is 2.89. The molecule has 0 saturated heterocycles. The molecule has 8 nitrogen and oxygen atoms in total. The van der Waals surface area contributed by atoms with E-state index in [1.165, 1.54) is 24.7 Å². The molecule has 0 fully saturated rings. The molecule has 1 aromatic carbocycles. The van der Waals surface area contributed by atoms with Gasteiger partial charge in [-0.15, -0.1) is 0 Å². The number of nitrogens with zero attached hydrogens (tertiary/aromatic N) is 4. The average Bonchev–Trinajstić information content (AvgIpc) is 2.96. The Morgan fingerprint density at radius 1 is 1.07 bits per heavy atom. The highest BCUT2D eigenvalue weighted by atomic mass is 16.5. The Labute approximate surface area is 155 Å². The zero-order valence-corrected chi connectivity index (χ0v) is 15.6. The van der Waals surface area contributed by atoms with E-state index >= 15 is 0 Å². The van der Waals surface area contributed by atoms with E-state index in [1.807, 2.05) is 30.3 Å². The van der Waals surface area contributed by atoms with Crippen LogP contribution >= 0.6 is 0 Å². The summed E-state index contributed by atoms with van der Waals surface area (Å²) >= 11 is 0. The summed E-state index contributed by atoms with van der Waals surface area (Å²) < 4.78 is 9.31. The first-order chi connectivity index (χ1) is 12.8. The Bertz CT molecular complexity index is 1120. The molecule has 0 unspecified atom stereocenters. The highest BCUT2D eigenvalue weighted by Gasteiger charge is 2.21. The van der Waals surface area contributed by atoms with Crippen molar-refractivity contribution >= 4 is 5.97 Å². The van der Waals surface area contributed by atoms with Crippen LogP contribution in [-0.2, 0) is 25.4 Å². The van der Waals surface area contributed by atoms with Crippen molar-refractivity contribution in [2.45, 2.75) is 20.5 Å². The summed E-state index contributed by atoms with van der Waals surface area (Å²) in [6.45, 7) is 3.34. The normalized spacial score (nSPS) is 10.8. The van der Waals surface area contributed by atoms with Gasteiger partial charge in [0.1, 0.15) is 12.2 Å². The smallest absolute Gasteiger partial charge is 0.342 e. The van der Waals surface area contributed by atoms with E-state index in [1.54, 1.807) is 18.5 Å². The largest absolute Gasteiger partial charge is 0.456 e. The molecule has 8 heteroatoms. The standard InChI is InChI=1S/C19H20N4O4/c1-12-17(13(2)23(20-12)14-8-6-5-7-9-14)18(25)27-11-15-10-16(24)22(4)19(26)21(15)3/h5-10H,11H2,1-4H3. The van der Waals surface area contributed by atoms with Gasteiger partial charge in [0.25, 0.3) is 5.56 Å². The Balaban J connectivity index is 1.87. The summed E-state index contributed by atoms with van der Waals surface area (Å²) in [5.41, 5.74) is 1.80. The van der Waals surface area contributed by atoms with Gasteiger partial charge in [0.05, 0.1) is 22.8 Å². The second-order valence-electron chi connectivity index (χ2n) is 6.24. The predicted octanol–water partition coefficient (Wildman–Crippen LogP) is 1.24. The lowest BCUT2D eigenvalue weighted by Gasteiger charge is -2.10. The van der Waals surface area contributed by atoms with Crippen LogP contribution in [0.1, 0.15) is 27.4 Å². The number of esters is 1. The van der Waals surface area contributed by atoms with Crippen LogP contribution in [0.4, 0.5) is 0 Å². The molecule has 0 aliphatic carbocycles. The Kier molecular flexibility index (Phi) is 4.81. The zero-order valence-electron chi connectivity index (χ0n) is 15.6. The molecule has 0 aliphatic rings. The highest BCUT2D eigenvalue weighted by molar-refractivity contribution is 5.92. The zero-order chi connectivity index (χ0) is 19.7. The van der Waals surface area contributed by atoms with Gasteiger partial charge in [-0.1, -0.05) is 18.2 Å². The molecule has 0 bridgehead atoms. The number of hydrogen-bond acceptors (Lipinski definition) is 5. The molecule has 3 rings (SSSR count). The van der Waals surface area contributed by atoms with E-state index in [0.717, 1.165) is 10.3 Å². The molecule has 2 aromatic heterocycles. The number of carbonyl (C=O) groups excluding carboxylic acids is 1. The minimum absolute atomic E-state index is 0.184. The molecule has 0 spiro atoms. The number of rotatable bonds is 4. The summed E-state index contributed by atoms with van der Waals surface area (Å²) in [5.74, 6) is -0.555. The van der Waals surface area contributed by atoms with Gasteiger partial charge < -0.3 is 4.74 Å². The lowest BCUT2D eigenvalue weighted by atomic mass is 10.2. The maximum absolute atomic E-state index is 12.6. The van der Waals surface area contributed by atoms with Gasteiger partial charge in [0.15, 0.2) is 0 Å². The fourth-order valence-electron chi connectivity index (χ4n) is 2.89. The van der Waals surface area contributed by atoms with Crippen LogP contribution in [0.15, 0.2) is 46.0 Å². The topological polar surface area (TPSA) is 88.1 Å². The Hall–Kier alpha value is -3.42. The van der Waals surface area contributed by atoms with Gasteiger partial charge in [-0.2, -0.15) is 5.10 Å². The highest BCUT2D eigenvalue weighted by Crippen LogP contribution is 2.19. The van der Waals surface area contributed by atoms with Crippen LogP contribution in [0.5, 0.6) is 0 Å². The first-order valence-corrected chi connectivity index (χ1v) is 8.36. The van der Waals surface area contributed by atoms with E-state index < -0.39 is 17.2 Å². The lowest BCUT2D eigenvalue weighted by molar-refractivity contribution is 0.0461. The van der Waals surface area contributed by atoms with Gasteiger partial charge >= 0.3 is 11.7 Å². The van der Waals surface area contributed by atoms with Crippen molar-refractivity contribution in [1.82, 2.24) is 18.9 Å². The number of aromatic nitrogens is 4. The molecule has 0 N–H and O–H groups in total. The molecular weight excluding hydrogens is 348 g/mol. The van der Waals surface area contributed by atoms with Crippen LogP contribution < -0.4 is 11.2 Å². The van der Waals surface area contributed by atoms with E-state index in [-0.39, 0.29) is 6.61 Å². The number of para-hydroxylation sites is 1. The number of benzene rings is 1. The van der Waals surface area contributed by atoms with Gasteiger partial charge in [0.2, 0.25) is 0 Å². The van der Waals surface area contributed by atoms with E-state index in [4.69, 9.17) is 4.74 Å². The van der Waals surface area contributed by atoms with E-state index in [2.05, 4.69) is 5.10 Å². The predicted molar refractivity (Wildman–Crippen MR) is 99.1 cm³/mol. The molecular formula is C19H20N4O4. The summed E-state index contributed by atoms with van der Waals surface area (Å²) in [6, 6.07) is 10.7. The van der Waals surface area contributed by atoms with E-state index in [9.17, 15) is 14.4 Å². The monoisotopic (exact) mass is 368 g/mol. The number of carbonyl (C=O) groups is 1. The van der Waals surface area contributed by atoms with Crippen LogP contribution in [0.25, 0.3) is 5.69 Å². The number of aryl methyl sites for hydroxylation is 1. The minimum atomic E-state index is -0.555. The maximum atomic E-state index is 12.6. The second-order valence-corrected chi connectivity index (χ2v) is 6.24. The molecule has 0 saturated carbocycles. The minimum Gasteiger partial charge on any atom is -0.456 e. The molecule has 0 atom stereocenters. The Morgan fingerprint density at radius 3 is 2.41 bits per heavy atom.